The highest BCUT2D eigenvalue weighted by molar-refractivity contribution is 7.99. The molecule has 5 nitrogen and oxygen atoms in total. The van der Waals surface area contributed by atoms with Crippen molar-refractivity contribution in [3.05, 3.63) is 42.1 Å². The standard InChI is InChI=1S/C12H13N3O2S/c1-15-6-5-13-10(15)3-7-18-11-8-9(12(16)17)2-4-14-11/h2,4-6,8H,3,7H2,1H3,(H,16,17). The maximum Gasteiger partial charge on any atom is 0.335 e. The highest BCUT2D eigenvalue weighted by Gasteiger charge is 2.05. The Hall–Kier alpha value is -1.82. The van der Waals surface area contributed by atoms with E-state index in [9.17, 15) is 4.79 Å². The smallest absolute Gasteiger partial charge is 0.335 e. The van der Waals surface area contributed by atoms with Crippen molar-refractivity contribution in [3.63, 3.8) is 0 Å². The van der Waals surface area contributed by atoms with Gasteiger partial charge in [0.25, 0.3) is 0 Å². The molecule has 94 valence electrons. The van der Waals surface area contributed by atoms with Gasteiger partial charge in [0.05, 0.1) is 10.6 Å². The number of hydrogen-bond acceptors (Lipinski definition) is 4. The monoisotopic (exact) mass is 263 g/mol. The molecule has 2 heterocycles. The van der Waals surface area contributed by atoms with Crippen molar-refractivity contribution in [2.45, 2.75) is 11.4 Å². The van der Waals surface area contributed by atoms with Crippen molar-refractivity contribution < 1.29 is 9.90 Å². The summed E-state index contributed by atoms with van der Waals surface area (Å²) in [5, 5.41) is 9.60. The van der Waals surface area contributed by atoms with Gasteiger partial charge in [-0.25, -0.2) is 14.8 Å². The molecule has 0 saturated carbocycles. The van der Waals surface area contributed by atoms with E-state index in [2.05, 4.69) is 9.97 Å². The molecular formula is C12H13N3O2S. The molecule has 0 fully saturated rings. The molecule has 0 aliphatic carbocycles. The van der Waals surface area contributed by atoms with Gasteiger partial charge in [0, 0.05) is 37.8 Å². The van der Waals surface area contributed by atoms with Gasteiger partial charge in [0.15, 0.2) is 0 Å². The van der Waals surface area contributed by atoms with Crippen LogP contribution in [0.1, 0.15) is 16.2 Å². The summed E-state index contributed by atoms with van der Waals surface area (Å²) in [6, 6.07) is 3.08. The van der Waals surface area contributed by atoms with Crippen molar-refractivity contribution in [2.75, 3.05) is 5.75 Å². The summed E-state index contributed by atoms with van der Waals surface area (Å²) < 4.78 is 1.97. The lowest BCUT2D eigenvalue weighted by Crippen LogP contribution is -2.00. The molecular weight excluding hydrogens is 250 g/mol. The van der Waals surface area contributed by atoms with Gasteiger partial charge in [-0.05, 0) is 12.1 Å². The fourth-order valence-corrected chi connectivity index (χ4v) is 2.35. The van der Waals surface area contributed by atoms with E-state index in [0.717, 1.165) is 23.0 Å². The zero-order valence-electron chi connectivity index (χ0n) is 9.91. The highest BCUT2D eigenvalue weighted by atomic mass is 32.2. The molecule has 0 atom stereocenters. The zero-order valence-corrected chi connectivity index (χ0v) is 10.7. The second-order valence-electron chi connectivity index (χ2n) is 3.74. The number of carboxylic acids is 1. The number of thioether (sulfide) groups is 1. The Balaban J connectivity index is 1.92. The van der Waals surface area contributed by atoms with Crippen molar-refractivity contribution in [1.29, 1.82) is 0 Å². The third-order valence-corrected chi connectivity index (χ3v) is 3.41. The summed E-state index contributed by atoms with van der Waals surface area (Å²) >= 11 is 1.53. The predicted octanol–water partition coefficient (Wildman–Crippen LogP) is 1.85. The number of imidazole rings is 1. The van der Waals surface area contributed by atoms with Crippen molar-refractivity contribution in [2.24, 2.45) is 7.05 Å². The normalized spacial score (nSPS) is 10.5. The van der Waals surface area contributed by atoms with E-state index in [0.29, 0.717) is 0 Å². The lowest BCUT2D eigenvalue weighted by molar-refractivity contribution is 0.0696. The van der Waals surface area contributed by atoms with Crippen LogP contribution in [0.25, 0.3) is 0 Å². The first kappa shape index (κ1) is 12.6. The topological polar surface area (TPSA) is 68.0 Å². The Kier molecular flexibility index (Phi) is 3.99. The molecule has 0 radical (unpaired) electrons. The number of hydrogen-bond donors (Lipinski definition) is 1. The summed E-state index contributed by atoms with van der Waals surface area (Å²) in [7, 11) is 1.95. The maximum atomic E-state index is 10.8. The van der Waals surface area contributed by atoms with Crippen LogP contribution in [0, 0.1) is 0 Å². The molecule has 18 heavy (non-hydrogen) atoms. The van der Waals surface area contributed by atoms with Gasteiger partial charge in [0.2, 0.25) is 0 Å². The molecule has 0 spiro atoms. The largest absolute Gasteiger partial charge is 0.478 e. The van der Waals surface area contributed by atoms with Gasteiger partial charge in [-0.1, -0.05) is 0 Å². The predicted molar refractivity (Wildman–Crippen MR) is 68.8 cm³/mol. The van der Waals surface area contributed by atoms with Gasteiger partial charge in [-0.2, -0.15) is 0 Å². The molecule has 0 aliphatic heterocycles. The van der Waals surface area contributed by atoms with Crippen LogP contribution in [-0.2, 0) is 13.5 Å². The Morgan fingerprint density at radius 3 is 2.94 bits per heavy atom. The second-order valence-corrected chi connectivity index (χ2v) is 4.86. The molecule has 0 unspecified atom stereocenters. The van der Waals surface area contributed by atoms with Gasteiger partial charge in [-0.15, -0.1) is 11.8 Å². The summed E-state index contributed by atoms with van der Waals surface area (Å²) in [5.41, 5.74) is 0.268. The summed E-state index contributed by atoms with van der Waals surface area (Å²) in [5.74, 6) is 0.904. The molecule has 0 aliphatic rings. The average Bonchev–Trinajstić information content (AvgIpc) is 2.76. The van der Waals surface area contributed by atoms with Crippen LogP contribution in [0.5, 0.6) is 0 Å². The van der Waals surface area contributed by atoms with Crippen LogP contribution in [0.3, 0.4) is 0 Å². The van der Waals surface area contributed by atoms with Crippen LogP contribution < -0.4 is 0 Å². The van der Waals surface area contributed by atoms with E-state index in [4.69, 9.17) is 5.11 Å². The van der Waals surface area contributed by atoms with Crippen LogP contribution in [0.15, 0.2) is 35.7 Å². The van der Waals surface area contributed by atoms with Crippen molar-refractivity contribution in [3.8, 4) is 0 Å². The van der Waals surface area contributed by atoms with Crippen LogP contribution in [0.2, 0.25) is 0 Å². The fraction of sp³-hybridized carbons (Fsp3) is 0.250. The number of pyridine rings is 1. The molecule has 2 aromatic heterocycles. The quantitative estimate of drug-likeness (QED) is 0.834. The van der Waals surface area contributed by atoms with E-state index in [1.807, 2.05) is 17.8 Å². The third-order valence-electron chi connectivity index (χ3n) is 2.48. The van der Waals surface area contributed by atoms with E-state index >= 15 is 0 Å². The fourth-order valence-electron chi connectivity index (χ4n) is 1.51. The maximum absolute atomic E-state index is 10.8. The third kappa shape index (κ3) is 3.10. The van der Waals surface area contributed by atoms with Crippen LogP contribution in [-0.4, -0.2) is 31.4 Å². The highest BCUT2D eigenvalue weighted by Crippen LogP contribution is 2.17. The van der Waals surface area contributed by atoms with Crippen LogP contribution in [0.4, 0.5) is 0 Å². The number of aromatic nitrogens is 3. The summed E-state index contributed by atoms with van der Waals surface area (Å²) in [4.78, 5) is 19.2. The van der Waals surface area contributed by atoms with Crippen molar-refractivity contribution >= 4 is 17.7 Å². The minimum atomic E-state index is -0.927. The first-order chi connectivity index (χ1) is 8.66. The number of aryl methyl sites for hydroxylation is 2. The molecule has 0 saturated heterocycles. The van der Waals surface area contributed by atoms with Crippen molar-refractivity contribution in [1.82, 2.24) is 14.5 Å². The van der Waals surface area contributed by atoms with E-state index < -0.39 is 5.97 Å². The van der Waals surface area contributed by atoms with Crippen LogP contribution >= 0.6 is 11.8 Å². The molecule has 6 heteroatoms. The average molecular weight is 263 g/mol. The number of rotatable bonds is 5. The minimum absolute atomic E-state index is 0.268. The lowest BCUT2D eigenvalue weighted by atomic mass is 10.3. The number of aromatic carboxylic acids is 1. The lowest BCUT2D eigenvalue weighted by Gasteiger charge is -2.02. The minimum Gasteiger partial charge on any atom is -0.478 e. The molecule has 2 aromatic rings. The van der Waals surface area contributed by atoms with Gasteiger partial charge in [0.1, 0.15) is 5.82 Å². The summed E-state index contributed by atoms with van der Waals surface area (Å²) in [6.07, 6.45) is 6.02. The SMILES string of the molecule is Cn1ccnc1CCSc1cc(C(=O)O)ccn1. The Morgan fingerprint density at radius 2 is 2.28 bits per heavy atom. The van der Waals surface area contributed by atoms with E-state index in [1.165, 1.54) is 24.0 Å². The Labute approximate surface area is 109 Å². The molecule has 0 bridgehead atoms. The first-order valence-electron chi connectivity index (χ1n) is 5.45. The Morgan fingerprint density at radius 1 is 1.44 bits per heavy atom. The second kappa shape index (κ2) is 5.68. The Bertz CT molecular complexity index is 554. The number of carbonyl (C=O) groups is 1. The number of nitrogens with zero attached hydrogens (tertiary/aromatic N) is 3. The van der Waals surface area contributed by atoms with Gasteiger partial charge >= 0.3 is 5.97 Å². The van der Waals surface area contributed by atoms with E-state index in [-0.39, 0.29) is 5.56 Å². The van der Waals surface area contributed by atoms with Gasteiger partial charge < -0.3 is 9.67 Å². The number of carboxylic acid groups (broad SMARTS) is 1. The summed E-state index contributed by atoms with van der Waals surface area (Å²) in [6.45, 7) is 0. The molecule has 0 amide bonds. The molecule has 2 rings (SSSR count). The molecule has 0 aromatic carbocycles. The van der Waals surface area contributed by atoms with Gasteiger partial charge in [-0.3, -0.25) is 0 Å². The molecule has 1 N–H and O–H groups in total. The van der Waals surface area contributed by atoms with E-state index in [1.54, 1.807) is 12.3 Å². The first-order valence-corrected chi connectivity index (χ1v) is 6.44. The zero-order chi connectivity index (χ0) is 13.0.